The minimum absolute atomic E-state index is 0.0425. The molecule has 160 valence electrons. The quantitative estimate of drug-likeness (QED) is 0.461. The zero-order valence-electron chi connectivity index (χ0n) is 17.5. The number of nitrogens with one attached hydrogen (secondary N) is 5. The molecule has 28 heavy (non-hydrogen) atoms. The molecular weight excluding hydrogens is 357 g/mol. The van der Waals surface area contributed by atoms with Crippen molar-refractivity contribution in [2.24, 2.45) is 11.8 Å². The third-order valence-electron chi connectivity index (χ3n) is 7.04. The third-order valence-corrected chi connectivity index (χ3v) is 7.04. The molecule has 0 radical (unpaired) electrons. The number of ether oxygens (including phenoxy) is 1. The van der Waals surface area contributed by atoms with Crippen molar-refractivity contribution in [3.8, 4) is 0 Å². The van der Waals surface area contributed by atoms with Gasteiger partial charge in [0.25, 0.3) is 0 Å². The van der Waals surface area contributed by atoms with Crippen LogP contribution in [0.3, 0.4) is 0 Å². The van der Waals surface area contributed by atoms with Gasteiger partial charge in [0.1, 0.15) is 12.5 Å². The molecule has 4 aliphatic rings. The van der Waals surface area contributed by atoms with E-state index in [0.717, 1.165) is 45.3 Å². The molecule has 9 atom stereocenters. The Morgan fingerprint density at radius 3 is 2.89 bits per heavy atom. The van der Waals surface area contributed by atoms with Crippen LogP contribution in [-0.2, 0) is 4.74 Å². The first-order valence-corrected chi connectivity index (χ1v) is 11.2. The summed E-state index contributed by atoms with van der Waals surface area (Å²) in [7, 11) is 1.97. The molecule has 1 aliphatic carbocycles. The van der Waals surface area contributed by atoms with Crippen molar-refractivity contribution in [1.82, 2.24) is 26.6 Å². The van der Waals surface area contributed by atoms with Gasteiger partial charge >= 0.3 is 0 Å². The van der Waals surface area contributed by atoms with E-state index in [1.165, 1.54) is 5.57 Å². The summed E-state index contributed by atoms with van der Waals surface area (Å²) in [6, 6.07) is 0.526. The van der Waals surface area contributed by atoms with Crippen LogP contribution >= 0.6 is 0 Å². The van der Waals surface area contributed by atoms with Crippen molar-refractivity contribution in [1.29, 1.82) is 0 Å². The molecule has 5 N–H and O–H groups in total. The molecule has 3 aliphatic heterocycles. The van der Waals surface area contributed by atoms with E-state index >= 15 is 4.39 Å². The number of halogens is 1. The van der Waals surface area contributed by atoms with Gasteiger partial charge in [-0.2, -0.15) is 0 Å². The van der Waals surface area contributed by atoms with Crippen LogP contribution in [0, 0.1) is 11.8 Å². The van der Waals surface area contributed by atoms with E-state index in [4.69, 9.17) is 4.74 Å². The Bertz CT molecular complexity index is 561. The Morgan fingerprint density at radius 2 is 2.07 bits per heavy atom. The summed E-state index contributed by atoms with van der Waals surface area (Å²) in [4.78, 5) is 0. The molecule has 0 bridgehead atoms. The van der Waals surface area contributed by atoms with Crippen LogP contribution in [-0.4, -0.2) is 63.1 Å². The molecule has 3 fully saturated rings. The summed E-state index contributed by atoms with van der Waals surface area (Å²) in [5.41, 5.74) is 1.26. The van der Waals surface area contributed by atoms with Gasteiger partial charge in [-0.25, -0.2) is 4.39 Å². The Hall–Kier alpha value is -0.570. The van der Waals surface area contributed by atoms with Gasteiger partial charge in [-0.15, -0.1) is 0 Å². The second kappa shape index (κ2) is 9.06. The summed E-state index contributed by atoms with van der Waals surface area (Å²) in [6.45, 7) is 6.12. The van der Waals surface area contributed by atoms with Crippen molar-refractivity contribution in [3.63, 3.8) is 0 Å². The highest BCUT2D eigenvalue weighted by atomic mass is 19.1. The van der Waals surface area contributed by atoms with Crippen LogP contribution in [0.4, 0.5) is 4.39 Å². The van der Waals surface area contributed by atoms with E-state index in [0.29, 0.717) is 18.0 Å². The fourth-order valence-electron chi connectivity index (χ4n) is 5.67. The smallest absolute Gasteiger partial charge is 0.124 e. The van der Waals surface area contributed by atoms with Crippen LogP contribution < -0.4 is 26.6 Å². The monoisotopic (exact) mass is 395 g/mol. The van der Waals surface area contributed by atoms with Gasteiger partial charge in [0.15, 0.2) is 0 Å². The molecule has 0 amide bonds. The lowest BCUT2D eigenvalue weighted by Gasteiger charge is -2.45. The van der Waals surface area contributed by atoms with Gasteiger partial charge in [-0.1, -0.05) is 11.6 Å². The molecule has 0 aromatic rings. The first kappa shape index (κ1) is 20.7. The van der Waals surface area contributed by atoms with Crippen LogP contribution in [0.5, 0.6) is 0 Å². The van der Waals surface area contributed by atoms with E-state index in [2.05, 4.69) is 46.5 Å². The second-order valence-electron chi connectivity index (χ2n) is 9.20. The molecule has 7 heteroatoms. The molecule has 4 rings (SSSR count). The number of rotatable bonds is 4. The van der Waals surface area contributed by atoms with Gasteiger partial charge in [-0.3, -0.25) is 16.0 Å². The van der Waals surface area contributed by atoms with E-state index < -0.39 is 6.17 Å². The Kier molecular flexibility index (Phi) is 6.70. The first-order chi connectivity index (χ1) is 13.5. The van der Waals surface area contributed by atoms with Crippen LogP contribution in [0.2, 0.25) is 0 Å². The number of hydrogen-bond acceptors (Lipinski definition) is 6. The topological polar surface area (TPSA) is 69.4 Å². The average Bonchev–Trinajstić information content (AvgIpc) is 3.01. The lowest BCUT2D eigenvalue weighted by atomic mass is 9.70. The lowest BCUT2D eigenvalue weighted by Crippen LogP contribution is -2.69. The van der Waals surface area contributed by atoms with Crippen LogP contribution in [0.1, 0.15) is 46.0 Å². The Balaban J connectivity index is 1.51. The summed E-state index contributed by atoms with van der Waals surface area (Å²) in [6.07, 6.45) is 6.50. The van der Waals surface area contributed by atoms with Crippen molar-refractivity contribution in [2.75, 3.05) is 20.2 Å². The number of fused-ring (bicyclic) bond motifs is 1. The molecule has 1 saturated carbocycles. The van der Waals surface area contributed by atoms with Crippen molar-refractivity contribution < 1.29 is 9.13 Å². The third kappa shape index (κ3) is 4.45. The molecule has 3 heterocycles. The molecular formula is C21H38FN5O. The normalized spacial score (nSPS) is 47.3. The lowest BCUT2D eigenvalue weighted by molar-refractivity contribution is -0.0262. The number of alkyl halides is 1. The largest absolute Gasteiger partial charge is 0.377 e. The summed E-state index contributed by atoms with van der Waals surface area (Å²) >= 11 is 0. The maximum absolute atomic E-state index is 16.0. The first-order valence-electron chi connectivity index (χ1n) is 11.2. The van der Waals surface area contributed by atoms with E-state index in [-0.39, 0.29) is 30.5 Å². The molecule has 6 nitrogen and oxygen atoms in total. The standard InChI is InChI=1S/C21H38FN5O/c1-12-9-14(5-4-7-24-12)18-19(22)16(11-15-6-8-28-20(15)18)26-21-25-13(2)10-17(23-3)27-21/h9,12-13,15-21,23-27H,4-8,10-11H2,1-3H3/t12-,13?,15?,16?,17?,18?,19?,20?,21?/m1/s1. The minimum Gasteiger partial charge on any atom is -0.377 e. The molecule has 0 aromatic heterocycles. The zero-order valence-corrected chi connectivity index (χ0v) is 17.5. The predicted molar refractivity (Wildman–Crippen MR) is 110 cm³/mol. The van der Waals surface area contributed by atoms with E-state index in [1.54, 1.807) is 0 Å². The fourth-order valence-corrected chi connectivity index (χ4v) is 5.67. The fraction of sp³-hybridized carbons (Fsp3) is 0.905. The Labute approximate surface area is 168 Å². The second-order valence-corrected chi connectivity index (χ2v) is 9.20. The van der Waals surface area contributed by atoms with Gasteiger partial charge in [0, 0.05) is 30.7 Å². The number of hydrogen-bond donors (Lipinski definition) is 5. The van der Waals surface area contributed by atoms with Gasteiger partial charge in [0.2, 0.25) is 0 Å². The Morgan fingerprint density at radius 1 is 1.21 bits per heavy atom. The predicted octanol–water partition coefficient (Wildman–Crippen LogP) is 1.21. The van der Waals surface area contributed by atoms with Crippen LogP contribution in [0.15, 0.2) is 11.6 Å². The van der Waals surface area contributed by atoms with Crippen LogP contribution in [0.25, 0.3) is 0 Å². The SMILES string of the molecule is CNC1CC(C)NC(NC2CC3CCOC3C(C3=C[C@@H](C)NCCC3)C2F)N1. The molecule has 0 spiro atoms. The maximum atomic E-state index is 16.0. The van der Waals surface area contributed by atoms with Gasteiger partial charge in [0.05, 0.1) is 12.3 Å². The maximum Gasteiger partial charge on any atom is 0.124 e. The van der Waals surface area contributed by atoms with Gasteiger partial charge < -0.3 is 15.4 Å². The molecule has 2 saturated heterocycles. The van der Waals surface area contributed by atoms with Crippen molar-refractivity contribution in [2.45, 2.75) is 88.8 Å². The summed E-state index contributed by atoms with van der Waals surface area (Å²) in [5, 5.41) is 17.4. The highest BCUT2D eigenvalue weighted by Gasteiger charge is 2.49. The summed E-state index contributed by atoms with van der Waals surface area (Å²) < 4.78 is 22.0. The van der Waals surface area contributed by atoms with Crippen molar-refractivity contribution in [3.05, 3.63) is 11.6 Å². The minimum atomic E-state index is -0.926. The molecule has 0 aromatic carbocycles. The summed E-state index contributed by atoms with van der Waals surface area (Å²) in [5.74, 6) is 0.324. The zero-order chi connectivity index (χ0) is 19.7. The van der Waals surface area contributed by atoms with E-state index in [1.807, 2.05) is 7.05 Å². The van der Waals surface area contributed by atoms with Crippen molar-refractivity contribution >= 4 is 0 Å². The highest BCUT2D eigenvalue weighted by molar-refractivity contribution is 5.19. The molecule has 8 unspecified atom stereocenters. The average molecular weight is 396 g/mol. The van der Waals surface area contributed by atoms with Gasteiger partial charge in [-0.05, 0) is 65.5 Å². The van der Waals surface area contributed by atoms with E-state index in [9.17, 15) is 0 Å². The highest BCUT2D eigenvalue weighted by Crippen LogP contribution is 2.44.